The third kappa shape index (κ3) is 18.4. The lowest BCUT2D eigenvalue weighted by atomic mass is 9.91. The summed E-state index contributed by atoms with van der Waals surface area (Å²) in [6.45, 7) is 9.63. The SMILES string of the molecule is COc1cc(NC(C)CCCNC(=O)[C@H](CCCN=C(N)N)NC(=O)[C@@H](N)CCCN=C(N)N)c2nc(C(C)(C)C)ccc2c1.Cl.Cl.Cl.Cl. The first-order chi connectivity index (χ1) is 21.2. The normalized spacial score (nSPS) is 12.2. The molecule has 0 fully saturated rings. The van der Waals surface area contributed by atoms with Crippen molar-refractivity contribution < 1.29 is 14.3 Å². The fraction of sp³-hybridized carbons (Fsp3) is 0.581. The van der Waals surface area contributed by atoms with E-state index in [2.05, 4.69) is 65.8 Å². The summed E-state index contributed by atoms with van der Waals surface area (Å²) in [6.07, 6.45) is 3.22. The Morgan fingerprint density at radius 1 is 0.878 bits per heavy atom. The Morgan fingerprint density at radius 3 is 2.02 bits per heavy atom. The molecule has 0 saturated heterocycles. The Hall–Kier alpha value is -3.17. The number of rotatable bonds is 18. The van der Waals surface area contributed by atoms with E-state index in [-0.39, 0.29) is 78.9 Å². The summed E-state index contributed by atoms with van der Waals surface area (Å²) in [5, 5.41) is 10.3. The largest absolute Gasteiger partial charge is 0.497 e. The minimum atomic E-state index is -0.805. The average Bonchev–Trinajstić information content (AvgIpc) is 2.97. The van der Waals surface area contributed by atoms with E-state index >= 15 is 0 Å². The molecule has 1 unspecified atom stereocenters. The molecule has 282 valence electrons. The van der Waals surface area contributed by atoms with Crippen LogP contribution in [0.25, 0.3) is 10.9 Å². The van der Waals surface area contributed by atoms with Gasteiger partial charge in [0.25, 0.3) is 0 Å². The summed E-state index contributed by atoms with van der Waals surface area (Å²) < 4.78 is 5.52. The maximum atomic E-state index is 13.1. The highest BCUT2D eigenvalue weighted by atomic mass is 35.5. The molecule has 0 saturated carbocycles. The van der Waals surface area contributed by atoms with E-state index in [9.17, 15) is 9.59 Å². The number of fused-ring (bicyclic) bond motifs is 1. The molecule has 0 aliphatic heterocycles. The van der Waals surface area contributed by atoms with E-state index in [0.717, 1.165) is 34.5 Å². The molecule has 1 heterocycles. The minimum Gasteiger partial charge on any atom is -0.497 e. The van der Waals surface area contributed by atoms with Gasteiger partial charge in [0.05, 0.1) is 24.4 Å². The van der Waals surface area contributed by atoms with Crippen molar-refractivity contribution in [2.24, 2.45) is 38.7 Å². The number of amides is 2. The van der Waals surface area contributed by atoms with Crippen LogP contribution in [0.5, 0.6) is 5.75 Å². The number of nitrogens with one attached hydrogen (secondary N) is 3. The number of methoxy groups -OCH3 is 1. The molecule has 0 aliphatic carbocycles. The van der Waals surface area contributed by atoms with Crippen LogP contribution in [0.15, 0.2) is 34.3 Å². The van der Waals surface area contributed by atoms with Gasteiger partial charge in [0.2, 0.25) is 11.8 Å². The molecule has 18 heteroatoms. The van der Waals surface area contributed by atoms with Gasteiger partial charge in [-0.1, -0.05) is 26.8 Å². The second-order valence-electron chi connectivity index (χ2n) is 12.2. The van der Waals surface area contributed by atoms with Crippen molar-refractivity contribution in [3.05, 3.63) is 30.0 Å². The zero-order chi connectivity index (χ0) is 33.6. The number of aromatic nitrogens is 1. The summed E-state index contributed by atoms with van der Waals surface area (Å²) >= 11 is 0. The van der Waals surface area contributed by atoms with Crippen molar-refractivity contribution in [2.75, 3.05) is 32.1 Å². The minimum absolute atomic E-state index is 0. The van der Waals surface area contributed by atoms with Gasteiger partial charge in [-0.3, -0.25) is 24.6 Å². The van der Waals surface area contributed by atoms with E-state index in [1.807, 2.05) is 12.1 Å². The molecule has 0 spiro atoms. The van der Waals surface area contributed by atoms with Gasteiger partial charge in [0.1, 0.15) is 11.8 Å². The number of nitrogens with zero attached hydrogens (tertiary/aromatic N) is 3. The first kappa shape index (κ1) is 50.2. The number of carbonyl (C=O) groups excluding carboxylic acids is 2. The number of benzene rings is 1. The Labute approximate surface area is 315 Å². The van der Waals surface area contributed by atoms with Gasteiger partial charge in [-0.25, -0.2) is 0 Å². The molecule has 2 amide bonds. The lowest BCUT2D eigenvalue weighted by molar-refractivity contribution is -0.129. The van der Waals surface area contributed by atoms with Crippen LogP contribution < -0.4 is 49.4 Å². The Morgan fingerprint density at radius 2 is 1.47 bits per heavy atom. The molecule has 0 bridgehead atoms. The molecule has 1 aromatic carbocycles. The number of nitrogens with two attached hydrogens (primary N) is 5. The van der Waals surface area contributed by atoms with Gasteiger partial charge in [-0.2, -0.15) is 0 Å². The average molecular weight is 774 g/mol. The predicted octanol–water partition coefficient (Wildman–Crippen LogP) is 2.84. The van der Waals surface area contributed by atoms with Crippen molar-refractivity contribution >= 4 is 90.0 Å². The second kappa shape index (κ2) is 24.9. The lowest BCUT2D eigenvalue weighted by Crippen LogP contribution is -2.51. The van der Waals surface area contributed by atoms with Crippen LogP contribution in [-0.4, -0.2) is 73.6 Å². The lowest BCUT2D eigenvalue weighted by Gasteiger charge is -2.22. The smallest absolute Gasteiger partial charge is 0.242 e. The molecular weight excluding hydrogens is 716 g/mol. The van der Waals surface area contributed by atoms with Gasteiger partial charge in [0, 0.05) is 48.2 Å². The Balaban J connectivity index is -0.00000529. The zero-order valence-electron chi connectivity index (χ0n) is 29.0. The number of pyridine rings is 1. The fourth-order valence-electron chi connectivity index (χ4n) is 4.64. The van der Waals surface area contributed by atoms with Crippen LogP contribution in [0.3, 0.4) is 0 Å². The zero-order valence-corrected chi connectivity index (χ0v) is 32.3. The third-order valence-electron chi connectivity index (χ3n) is 7.17. The summed E-state index contributed by atoms with van der Waals surface area (Å²) in [4.78, 5) is 38.7. The molecule has 1 aromatic heterocycles. The fourth-order valence-corrected chi connectivity index (χ4v) is 4.64. The Bertz CT molecular complexity index is 1340. The number of halogens is 4. The van der Waals surface area contributed by atoms with Gasteiger partial charge in [-0.05, 0) is 57.6 Å². The summed E-state index contributed by atoms with van der Waals surface area (Å²) in [7, 11) is 1.65. The van der Waals surface area contributed by atoms with Gasteiger partial charge in [0.15, 0.2) is 11.9 Å². The molecule has 0 radical (unpaired) electrons. The number of anilines is 1. The van der Waals surface area contributed by atoms with Crippen LogP contribution in [0, 0.1) is 0 Å². The van der Waals surface area contributed by atoms with Crippen LogP contribution >= 0.6 is 49.6 Å². The number of hydrogen-bond donors (Lipinski definition) is 8. The number of aliphatic imine (C=N–C) groups is 2. The van der Waals surface area contributed by atoms with Crippen LogP contribution in [0.2, 0.25) is 0 Å². The topological polar surface area (TPSA) is 247 Å². The molecular formula is C31H57Cl4N11O3. The third-order valence-corrected chi connectivity index (χ3v) is 7.17. The van der Waals surface area contributed by atoms with Crippen molar-refractivity contribution in [3.8, 4) is 5.75 Å². The van der Waals surface area contributed by atoms with Crippen molar-refractivity contribution in [3.63, 3.8) is 0 Å². The summed E-state index contributed by atoms with van der Waals surface area (Å²) in [6, 6.07) is 6.57. The van der Waals surface area contributed by atoms with Gasteiger partial charge in [-0.15, -0.1) is 49.6 Å². The summed E-state index contributed by atoms with van der Waals surface area (Å²) in [5.74, 6) is -0.0161. The first-order valence-electron chi connectivity index (χ1n) is 15.4. The van der Waals surface area contributed by atoms with Crippen molar-refractivity contribution in [1.82, 2.24) is 15.6 Å². The monoisotopic (exact) mass is 771 g/mol. The first-order valence-corrected chi connectivity index (χ1v) is 15.4. The molecule has 2 aromatic rings. The maximum Gasteiger partial charge on any atom is 0.242 e. The number of carbonyl (C=O) groups is 2. The molecule has 13 N–H and O–H groups in total. The highest BCUT2D eigenvalue weighted by Crippen LogP contribution is 2.31. The molecule has 2 rings (SSSR count). The number of hydrogen-bond acceptors (Lipinski definition) is 8. The molecule has 49 heavy (non-hydrogen) atoms. The van der Waals surface area contributed by atoms with Crippen molar-refractivity contribution in [2.45, 2.75) is 89.8 Å². The second-order valence-corrected chi connectivity index (χ2v) is 12.2. The van der Waals surface area contributed by atoms with E-state index in [4.69, 9.17) is 38.4 Å². The van der Waals surface area contributed by atoms with Crippen molar-refractivity contribution in [1.29, 1.82) is 0 Å². The summed E-state index contributed by atoms with van der Waals surface area (Å²) in [5.41, 5.74) is 30.2. The number of guanidine groups is 2. The number of ether oxygens (including phenoxy) is 1. The highest BCUT2D eigenvalue weighted by molar-refractivity contribution is 5.92. The molecule has 14 nitrogen and oxygen atoms in total. The van der Waals surface area contributed by atoms with Crippen LogP contribution in [0.4, 0.5) is 5.69 Å². The van der Waals surface area contributed by atoms with Crippen LogP contribution in [0.1, 0.15) is 71.9 Å². The van der Waals surface area contributed by atoms with E-state index < -0.39 is 18.0 Å². The van der Waals surface area contributed by atoms with E-state index in [1.165, 1.54) is 0 Å². The molecule has 0 aliphatic rings. The maximum absolute atomic E-state index is 13.1. The molecule has 3 atom stereocenters. The van der Waals surface area contributed by atoms with Gasteiger partial charge < -0.3 is 49.4 Å². The van der Waals surface area contributed by atoms with Gasteiger partial charge >= 0.3 is 0 Å². The predicted molar refractivity (Wildman–Crippen MR) is 211 cm³/mol. The quantitative estimate of drug-likeness (QED) is 0.0625. The standard InChI is InChI=1S/C31H53N11O3.4ClH/c1-19(40-24-18-21(45-5)17-20-12-13-25(31(2,3)4)42-26(20)24)9-6-14-37-28(44)23(11-8-16-39-30(35)36)41-27(43)22(32)10-7-15-38-29(33)34;;;;/h12-13,17-19,22-23,40H,6-11,14-16,32H2,1-5H3,(H,37,44)(H,41,43)(H4,33,34,38)(H4,35,36,39);4*1H/t19?,22-,23-;;;;/m0..../s1. The van der Waals surface area contributed by atoms with E-state index in [0.29, 0.717) is 51.7 Å². The van der Waals surface area contributed by atoms with Crippen LogP contribution in [-0.2, 0) is 15.0 Å². The highest BCUT2D eigenvalue weighted by Gasteiger charge is 2.23. The van der Waals surface area contributed by atoms with E-state index in [1.54, 1.807) is 7.11 Å². The Kier molecular flexibility index (Phi) is 25.5.